The van der Waals surface area contributed by atoms with E-state index in [1.54, 1.807) is 17.8 Å². The van der Waals surface area contributed by atoms with Gasteiger partial charge >= 0.3 is 6.18 Å². The van der Waals surface area contributed by atoms with Crippen LogP contribution in [0.1, 0.15) is 24.0 Å². The summed E-state index contributed by atoms with van der Waals surface area (Å²) in [6.07, 6.45) is -1.82. The van der Waals surface area contributed by atoms with Crippen molar-refractivity contribution in [3.8, 4) is 0 Å². The zero-order valence-electron chi connectivity index (χ0n) is 9.87. The molecule has 1 atom stereocenters. The van der Waals surface area contributed by atoms with E-state index in [2.05, 4.69) is 0 Å². The minimum absolute atomic E-state index is 0.279. The van der Waals surface area contributed by atoms with Gasteiger partial charge in [-0.15, -0.1) is 0 Å². The normalized spacial score (nSPS) is 20.3. The molecular weight excluding hydrogens is 261 g/mol. The van der Waals surface area contributed by atoms with Crippen LogP contribution in [0.2, 0.25) is 0 Å². The second-order valence-electron chi connectivity index (χ2n) is 4.35. The third-order valence-electron chi connectivity index (χ3n) is 2.85. The second kappa shape index (κ2) is 5.97. The Labute approximate surface area is 109 Å². The van der Waals surface area contributed by atoms with Gasteiger partial charge in [-0.3, -0.25) is 0 Å². The van der Waals surface area contributed by atoms with Gasteiger partial charge in [0.15, 0.2) is 0 Å². The van der Waals surface area contributed by atoms with Gasteiger partial charge in [-0.2, -0.15) is 24.9 Å². The minimum Gasteiger partial charge on any atom is -0.377 e. The summed E-state index contributed by atoms with van der Waals surface area (Å²) in [7, 11) is 0. The van der Waals surface area contributed by atoms with E-state index in [-0.39, 0.29) is 6.10 Å². The zero-order chi connectivity index (χ0) is 13.0. The Hall–Kier alpha value is -0.680. The molecule has 100 valence electrons. The van der Waals surface area contributed by atoms with Gasteiger partial charge in [0.05, 0.1) is 11.7 Å². The Bertz CT molecular complexity index is 386. The number of halogens is 3. The molecule has 0 saturated carbocycles. The van der Waals surface area contributed by atoms with Crippen LogP contribution < -0.4 is 0 Å². The Morgan fingerprint density at radius 3 is 2.83 bits per heavy atom. The van der Waals surface area contributed by atoms with E-state index in [1.807, 2.05) is 0 Å². The van der Waals surface area contributed by atoms with Gasteiger partial charge in [0, 0.05) is 18.1 Å². The van der Waals surface area contributed by atoms with Gasteiger partial charge in [0.25, 0.3) is 0 Å². The largest absolute Gasteiger partial charge is 0.416 e. The molecule has 1 unspecified atom stereocenters. The molecule has 0 amide bonds. The molecule has 0 aliphatic carbocycles. The number of rotatable bonds is 4. The maximum atomic E-state index is 12.5. The molecule has 1 aromatic carbocycles. The molecule has 5 heteroatoms. The van der Waals surface area contributed by atoms with Gasteiger partial charge < -0.3 is 4.74 Å². The summed E-state index contributed by atoms with van der Waals surface area (Å²) in [5.41, 5.74) is 0.144. The predicted molar refractivity (Wildman–Crippen MR) is 66.6 cm³/mol. The summed E-state index contributed by atoms with van der Waals surface area (Å²) in [6.45, 7) is 0.814. The van der Waals surface area contributed by atoms with Crippen molar-refractivity contribution in [1.29, 1.82) is 0 Å². The van der Waals surface area contributed by atoms with Crippen LogP contribution in [0.25, 0.3) is 0 Å². The van der Waals surface area contributed by atoms with E-state index in [0.29, 0.717) is 11.3 Å². The first kappa shape index (κ1) is 13.7. The summed E-state index contributed by atoms with van der Waals surface area (Å²) in [4.78, 5) is 0. The lowest BCUT2D eigenvalue weighted by Crippen LogP contribution is -2.08. The van der Waals surface area contributed by atoms with Gasteiger partial charge in [-0.05, 0) is 24.5 Å². The van der Waals surface area contributed by atoms with E-state index in [9.17, 15) is 13.2 Å². The maximum Gasteiger partial charge on any atom is 0.416 e. The highest BCUT2D eigenvalue weighted by Crippen LogP contribution is 2.30. The quantitative estimate of drug-likeness (QED) is 0.818. The van der Waals surface area contributed by atoms with E-state index in [4.69, 9.17) is 4.74 Å². The Kier molecular flexibility index (Phi) is 4.56. The monoisotopic (exact) mass is 276 g/mol. The third-order valence-corrected chi connectivity index (χ3v) is 4.00. The molecule has 0 spiro atoms. The first-order valence-corrected chi connectivity index (χ1v) is 7.06. The number of benzene rings is 1. The van der Waals surface area contributed by atoms with E-state index >= 15 is 0 Å². The number of ether oxygens (including phenoxy) is 1. The molecule has 0 aromatic heterocycles. The summed E-state index contributed by atoms with van der Waals surface area (Å²) in [5, 5.41) is 0. The van der Waals surface area contributed by atoms with Crippen LogP contribution in [0.3, 0.4) is 0 Å². The molecule has 18 heavy (non-hydrogen) atoms. The second-order valence-corrected chi connectivity index (χ2v) is 5.38. The standard InChI is InChI=1S/C13H15F3OS/c14-13(15,16)11-4-1-3-10(7-11)8-18-9-12-5-2-6-17-12/h1,3-4,7,12H,2,5-6,8-9H2. The summed E-state index contributed by atoms with van der Waals surface area (Å²) >= 11 is 1.63. The fraction of sp³-hybridized carbons (Fsp3) is 0.538. The number of alkyl halides is 3. The molecule has 0 bridgehead atoms. The first-order valence-electron chi connectivity index (χ1n) is 5.91. The van der Waals surface area contributed by atoms with Gasteiger partial charge in [-0.1, -0.05) is 18.2 Å². The van der Waals surface area contributed by atoms with Crippen LogP contribution in [0.4, 0.5) is 13.2 Å². The number of hydrogen-bond donors (Lipinski definition) is 0. The average molecular weight is 276 g/mol. The van der Waals surface area contributed by atoms with Crippen molar-refractivity contribution in [1.82, 2.24) is 0 Å². The van der Waals surface area contributed by atoms with E-state index < -0.39 is 11.7 Å². The summed E-state index contributed by atoms with van der Waals surface area (Å²) < 4.78 is 43.0. The van der Waals surface area contributed by atoms with Crippen LogP contribution in [-0.2, 0) is 16.7 Å². The predicted octanol–water partition coefficient (Wildman–Crippen LogP) is 4.12. The lowest BCUT2D eigenvalue weighted by Gasteiger charge is -2.10. The van der Waals surface area contributed by atoms with Crippen molar-refractivity contribution in [3.05, 3.63) is 35.4 Å². The van der Waals surface area contributed by atoms with E-state index in [1.165, 1.54) is 12.1 Å². The van der Waals surface area contributed by atoms with Crippen molar-refractivity contribution in [2.75, 3.05) is 12.4 Å². The SMILES string of the molecule is FC(F)(F)c1cccc(CSCC2CCCO2)c1. The van der Waals surface area contributed by atoms with Crippen molar-refractivity contribution in [2.45, 2.75) is 30.9 Å². The molecule has 1 saturated heterocycles. The molecule has 1 aliphatic heterocycles. The molecular formula is C13H15F3OS. The van der Waals surface area contributed by atoms with Crippen LogP contribution in [-0.4, -0.2) is 18.5 Å². The topological polar surface area (TPSA) is 9.23 Å². The minimum atomic E-state index is -4.25. The molecule has 1 heterocycles. The van der Waals surface area contributed by atoms with Crippen molar-refractivity contribution in [2.24, 2.45) is 0 Å². The molecule has 2 rings (SSSR count). The Balaban J connectivity index is 1.85. The Morgan fingerprint density at radius 1 is 1.33 bits per heavy atom. The molecule has 1 fully saturated rings. The van der Waals surface area contributed by atoms with E-state index in [0.717, 1.165) is 31.3 Å². The van der Waals surface area contributed by atoms with Crippen LogP contribution in [0.5, 0.6) is 0 Å². The molecule has 1 nitrogen and oxygen atoms in total. The lowest BCUT2D eigenvalue weighted by atomic mass is 10.1. The highest BCUT2D eigenvalue weighted by molar-refractivity contribution is 7.98. The van der Waals surface area contributed by atoms with Crippen LogP contribution >= 0.6 is 11.8 Å². The zero-order valence-corrected chi connectivity index (χ0v) is 10.7. The van der Waals surface area contributed by atoms with Crippen molar-refractivity contribution in [3.63, 3.8) is 0 Å². The van der Waals surface area contributed by atoms with Gasteiger partial charge in [0.2, 0.25) is 0 Å². The average Bonchev–Trinajstić information content (AvgIpc) is 2.81. The number of thioether (sulfide) groups is 1. The fourth-order valence-electron chi connectivity index (χ4n) is 1.92. The summed E-state index contributed by atoms with van der Waals surface area (Å²) in [5.74, 6) is 1.46. The van der Waals surface area contributed by atoms with Crippen LogP contribution in [0, 0.1) is 0 Å². The van der Waals surface area contributed by atoms with Crippen LogP contribution in [0.15, 0.2) is 24.3 Å². The molecule has 1 aliphatic rings. The van der Waals surface area contributed by atoms with Gasteiger partial charge in [-0.25, -0.2) is 0 Å². The van der Waals surface area contributed by atoms with Crippen molar-refractivity contribution >= 4 is 11.8 Å². The Morgan fingerprint density at radius 2 is 2.17 bits per heavy atom. The lowest BCUT2D eigenvalue weighted by molar-refractivity contribution is -0.137. The molecule has 0 radical (unpaired) electrons. The smallest absolute Gasteiger partial charge is 0.377 e. The molecule has 0 N–H and O–H groups in total. The number of hydrogen-bond acceptors (Lipinski definition) is 2. The maximum absolute atomic E-state index is 12.5. The van der Waals surface area contributed by atoms with Gasteiger partial charge in [0.1, 0.15) is 0 Å². The first-order chi connectivity index (χ1) is 8.55. The van der Waals surface area contributed by atoms with Crippen molar-refractivity contribution < 1.29 is 17.9 Å². The summed E-state index contributed by atoms with van der Waals surface area (Å²) in [6, 6.07) is 5.53. The third kappa shape index (κ3) is 3.92. The fourth-order valence-corrected chi connectivity index (χ4v) is 2.98. The highest BCUT2D eigenvalue weighted by Gasteiger charge is 2.30. The highest BCUT2D eigenvalue weighted by atomic mass is 32.2. The molecule has 1 aromatic rings.